The molecule has 0 spiro atoms. The Balaban J connectivity index is 0.000000231. The van der Waals surface area contributed by atoms with Crippen LogP contribution in [-0.4, -0.2) is 142 Å². The van der Waals surface area contributed by atoms with Gasteiger partial charge in [0.2, 0.25) is 0 Å². The number of aromatic nitrogens is 5. The predicted molar refractivity (Wildman–Crippen MR) is 428 cm³/mol. The van der Waals surface area contributed by atoms with Crippen molar-refractivity contribution in [1.82, 2.24) is 24.9 Å². The van der Waals surface area contributed by atoms with Gasteiger partial charge in [0.1, 0.15) is 91.8 Å². The molecule has 0 unspecified atom stereocenters. The first-order chi connectivity index (χ1) is 55.7. The van der Waals surface area contributed by atoms with Crippen molar-refractivity contribution in [2.45, 2.75) is 39.3 Å². The van der Waals surface area contributed by atoms with Crippen LogP contribution in [0, 0.1) is 75.6 Å². The molecule has 0 aliphatic carbocycles. The van der Waals surface area contributed by atoms with Crippen LogP contribution in [0.15, 0.2) is 86.2 Å². The fraction of sp³-hybridized carbons (Fsp3) is 0.211. The Hall–Kier alpha value is -11.8. The molecule has 5 aromatic heterocycles. The smallest absolute Gasteiger partial charge is 0.360 e. The van der Waals surface area contributed by atoms with Gasteiger partial charge in [-0.2, -0.15) is 0 Å². The van der Waals surface area contributed by atoms with Crippen LogP contribution in [0.3, 0.4) is 0 Å². The molecule has 43 heteroatoms. The molecule has 119 heavy (non-hydrogen) atoms. The van der Waals surface area contributed by atoms with E-state index in [1.54, 1.807) is 6.07 Å². The van der Waals surface area contributed by atoms with Gasteiger partial charge in [0.15, 0.2) is 97.9 Å². The summed E-state index contributed by atoms with van der Waals surface area (Å²) in [5, 5.41) is 1.14. The van der Waals surface area contributed by atoms with E-state index >= 15 is 0 Å². The van der Waals surface area contributed by atoms with E-state index in [2.05, 4.69) is 116 Å². The topological polar surface area (TPSA) is 372 Å². The number of nitrogens with two attached hydrogens (primary N) is 5. The zero-order valence-corrected chi connectivity index (χ0v) is 72.0. The van der Waals surface area contributed by atoms with Crippen molar-refractivity contribution < 1.29 is 128 Å². The monoisotopic (exact) mass is 1900 g/mol. The van der Waals surface area contributed by atoms with Crippen molar-refractivity contribution >= 4 is 133 Å². The third-order valence-corrected chi connectivity index (χ3v) is 22.4. The van der Waals surface area contributed by atoms with E-state index < -0.39 is 201 Å². The van der Waals surface area contributed by atoms with Crippen molar-refractivity contribution in [2.24, 2.45) is 0 Å². The summed E-state index contributed by atoms with van der Waals surface area (Å²) >= 11 is 8.62. The van der Waals surface area contributed by atoms with Crippen LogP contribution in [0.5, 0.6) is 28.7 Å². The maximum atomic E-state index is 14.6. The van der Waals surface area contributed by atoms with Gasteiger partial charge < -0.3 is 76.0 Å². The second-order valence-corrected chi connectivity index (χ2v) is 38.6. The molecule has 0 saturated carbocycles. The van der Waals surface area contributed by atoms with Crippen LogP contribution < -0.4 is 62.7 Å². The Bertz CT molecular complexity index is 5570. The number of pyridine rings is 5. The summed E-state index contributed by atoms with van der Waals surface area (Å²) in [6.45, 7) is 11.8. The minimum atomic E-state index is -2.15. The summed E-state index contributed by atoms with van der Waals surface area (Å²) in [5.41, 5.74) is 19.8. The average molecular weight is 1910 g/mol. The van der Waals surface area contributed by atoms with Crippen LogP contribution in [0.2, 0.25) is 39.3 Å². The quantitative estimate of drug-likeness (QED) is 0.0141. The molecular weight excluding hydrogens is 1840 g/mol. The summed E-state index contributed by atoms with van der Waals surface area (Å²) in [5.74, 6) is -18.5. The highest BCUT2D eigenvalue weighted by Gasteiger charge is 2.34. The number of halogens is 16. The molecule has 25 nitrogen and oxygen atoms in total. The van der Waals surface area contributed by atoms with Crippen molar-refractivity contribution in [3.63, 3.8) is 0 Å². The Kier molecular flexibility index (Phi) is 32.3. The van der Waals surface area contributed by atoms with E-state index in [1.807, 2.05) is 19.6 Å². The summed E-state index contributed by atoms with van der Waals surface area (Å²) in [6.07, 6.45) is 0. The first-order valence-electron chi connectivity index (χ1n) is 33.3. The minimum absolute atomic E-state index is 0.0843. The molecule has 0 aliphatic rings. The molecule has 0 radical (unpaired) electrons. The van der Waals surface area contributed by atoms with Gasteiger partial charge in [-0.3, -0.25) is 0 Å². The maximum Gasteiger partial charge on any atom is 0.360 e. The number of esters is 5. The molecule has 0 bridgehead atoms. The van der Waals surface area contributed by atoms with Crippen molar-refractivity contribution in [3.05, 3.63) is 190 Å². The predicted octanol–water partition coefficient (Wildman–Crippen LogP) is 15.8. The number of nitrogen functional groups attached to an aromatic ring is 5. The first-order valence-corrected chi connectivity index (χ1v) is 42.7. The highest BCUT2D eigenvalue weighted by Crippen LogP contribution is 2.42. The first kappa shape index (κ1) is 96.0. The molecule has 10 N–H and O–H groups in total. The van der Waals surface area contributed by atoms with E-state index in [0.29, 0.717) is 0 Å². The zero-order valence-electron chi connectivity index (χ0n) is 65.2. The normalized spacial score (nSPS) is 10.9. The number of carbonyl (C=O) groups excluding carboxylic acids is 5. The van der Waals surface area contributed by atoms with Crippen molar-refractivity contribution in [1.29, 1.82) is 0 Å². The lowest BCUT2D eigenvalue weighted by Gasteiger charge is -2.19. The molecule has 5 aromatic carbocycles. The average Bonchev–Trinajstić information content (AvgIpc) is 0.788. The van der Waals surface area contributed by atoms with Gasteiger partial charge in [-0.15, -0.1) is 0 Å². The third-order valence-electron chi connectivity index (χ3n) is 16.5. The summed E-state index contributed by atoms with van der Waals surface area (Å²) in [4.78, 5) is 77.9. The number of ether oxygens (including phenoxy) is 10. The number of anilines is 5. The fourth-order valence-electron chi connectivity index (χ4n) is 10.5. The van der Waals surface area contributed by atoms with Gasteiger partial charge in [-0.1, -0.05) is 56.6 Å². The largest absolute Gasteiger partial charge is 0.492 e. The second-order valence-electron chi connectivity index (χ2n) is 25.9. The van der Waals surface area contributed by atoms with Gasteiger partial charge in [-0.25, -0.2) is 106 Å². The Morgan fingerprint density at radius 2 is 0.588 bits per heavy atom. The van der Waals surface area contributed by atoms with E-state index in [1.165, 1.54) is 51.7 Å². The Morgan fingerprint density at radius 3 is 0.916 bits per heavy atom. The van der Waals surface area contributed by atoms with Crippen molar-refractivity contribution in [3.8, 4) is 85.0 Å². The molecule has 0 atom stereocenters. The summed E-state index contributed by atoms with van der Waals surface area (Å²) < 4.78 is 232. The second kappa shape index (κ2) is 40.1. The zero-order chi connectivity index (χ0) is 89.8. The standard InChI is InChI=1S/C17H19F3N2O3Si.C17H20F2N2O3Si.2C14H10BrF3N2O3.C14H11BrF2N2O3/c1-24-16-13(21)12(20)14(22-15(16)17(23)25-2)8-6-10(19)11(7-9(8)18)26(3,4)5;1-23-16-13(20)12(19)14(21-15(16)17(22)24-2)10-7-6-9(8-11(10)18)25(3,4)5;1-22-13-10(19)9(18)11(20-12(13)14(21)23-2)5-3-8(17)6(15)4-7(5)16;1-22-13-10(19)9(18)11(20-12(13)14(21)23-2)5-3-4-6(15)8(17)7(5)16;1-21-13-10(18)9(17)11(19-12(13)14(20)22-2)6-3-4-7(15)8(16)5-6/h6-7H,1-5H3,(H2,21,22);6-8H,1-5H3,(H2,20,21);2*3-4H,1-2H3,(H2,19,20);3-5H,1-2H3,(H2,18,19). The summed E-state index contributed by atoms with van der Waals surface area (Å²) in [6, 6.07) is 14.2. The van der Waals surface area contributed by atoms with Crippen LogP contribution in [-0.2, 0) is 23.7 Å². The molecule has 0 aliphatic heterocycles. The minimum Gasteiger partial charge on any atom is -0.492 e. The third kappa shape index (κ3) is 20.8. The molecule has 10 rings (SSSR count). The number of methoxy groups -OCH3 is 10. The molecular formula is C76H70Br3F13N10O15Si2. The highest BCUT2D eigenvalue weighted by molar-refractivity contribution is 9.11. The number of carbonyl (C=O) groups is 5. The Labute approximate surface area is 696 Å². The summed E-state index contributed by atoms with van der Waals surface area (Å²) in [7, 11) is 7.55. The fourth-order valence-corrected chi connectivity index (χ4v) is 13.8. The molecule has 634 valence electrons. The van der Waals surface area contributed by atoms with E-state index in [4.69, 9.17) is 52.4 Å². The number of hydrogen-bond acceptors (Lipinski definition) is 25. The van der Waals surface area contributed by atoms with E-state index in [9.17, 15) is 81.0 Å². The van der Waals surface area contributed by atoms with Gasteiger partial charge in [0.05, 0.1) is 101 Å². The van der Waals surface area contributed by atoms with Crippen LogP contribution in [0.1, 0.15) is 52.4 Å². The highest BCUT2D eigenvalue weighted by atomic mass is 79.9. The number of benzene rings is 5. The molecule has 5 heterocycles. The molecule has 10 aromatic rings. The Morgan fingerprint density at radius 1 is 0.294 bits per heavy atom. The van der Waals surface area contributed by atoms with Crippen LogP contribution >= 0.6 is 47.8 Å². The van der Waals surface area contributed by atoms with Crippen LogP contribution in [0.4, 0.5) is 85.5 Å². The number of rotatable bonds is 17. The molecule has 0 saturated heterocycles. The van der Waals surface area contributed by atoms with Gasteiger partial charge in [0.25, 0.3) is 0 Å². The molecule has 0 amide bonds. The van der Waals surface area contributed by atoms with Gasteiger partial charge in [-0.05, 0) is 114 Å². The molecule has 0 fully saturated rings. The maximum absolute atomic E-state index is 14.6. The SMILES string of the molecule is COC(=O)c1nc(-c2cc(F)c(Br)cc2F)c(F)c(N)c1OC.COC(=O)c1nc(-c2cc(F)c([Si](C)(C)C)cc2F)c(F)c(N)c1OC.COC(=O)c1nc(-c2ccc(Br)c(F)c2)c(F)c(N)c1OC.COC(=O)c1nc(-c2ccc(Br)c(F)c2F)c(F)c(N)c1OC.COC(=O)c1nc(-c2ccc([Si](C)(C)C)cc2F)c(F)c(N)c1OC. The lowest BCUT2D eigenvalue weighted by molar-refractivity contribution is 0.0581. The lowest BCUT2D eigenvalue weighted by Crippen LogP contribution is -2.40. The number of hydrogen-bond donors (Lipinski definition) is 5. The van der Waals surface area contributed by atoms with E-state index in [0.717, 1.165) is 91.4 Å². The van der Waals surface area contributed by atoms with Gasteiger partial charge >= 0.3 is 29.8 Å². The van der Waals surface area contributed by atoms with Crippen molar-refractivity contribution in [2.75, 3.05) is 99.8 Å². The van der Waals surface area contributed by atoms with Gasteiger partial charge in [0, 0.05) is 27.8 Å². The van der Waals surface area contributed by atoms with Crippen LogP contribution in [0.25, 0.3) is 56.3 Å². The number of nitrogens with zero attached hydrogens (tertiary/aromatic N) is 5. The lowest BCUT2D eigenvalue weighted by atomic mass is 10.1. The van der Waals surface area contributed by atoms with E-state index in [-0.39, 0.29) is 81.3 Å².